The van der Waals surface area contributed by atoms with Gasteiger partial charge in [-0.25, -0.2) is 0 Å². The normalized spacial score (nSPS) is 11.0. The van der Waals surface area contributed by atoms with Crippen molar-refractivity contribution < 1.29 is 24.1 Å². The predicted octanol–water partition coefficient (Wildman–Crippen LogP) is 6.62. The van der Waals surface area contributed by atoms with E-state index in [4.69, 9.17) is 35.7 Å². The number of aliphatic hydroxyl groups is 1. The molecule has 0 amide bonds. The fourth-order valence-electron chi connectivity index (χ4n) is 3.45. The van der Waals surface area contributed by atoms with Crippen molar-refractivity contribution in [2.24, 2.45) is 0 Å². The number of ether oxygens (including phenoxy) is 4. The minimum atomic E-state index is -0.129. The van der Waals surface area contributed by atoms with E-state index >= 15 is 0 Å². The molecule has 0 bridgehead atoms. The van der Waals surface area contributed by atoms with E-state index in [9.17, 15) is 0 Å². The Hall–Kier alpha value is -1.79. The maximum absolute atomic E-state index is 8.64. The molecule has 198 valence electrons. The van der Waals surface area contributed by atoms with Gasteiger partial charge in [0.2, 0.25) is 0 Å². The summed E-state index contributed by atoms with van der Waals surface area (Å²) in [6.07, 6.45) is 4.46. The number of unbranched alkanes of at least 4 members (excludes halogenated alkanes) is 3. The van der Waals surface area contributed by atoms with Crippen molar-refractivity contribution in [1.82, 2.24) is 0 Å². The Morgan fingerprint density at radius 3 is 1.60 bits per heavy atom. The summed E-state index contributed by atoms with van der Waals surface area (Å²) in [5.74, 6) is 2.48. The van der Waals surface area contributed by atoms with Crippen LogP contribution in [0.5, 0.6) is 11.5 Å². The first kappa shape index (κ1) is 31.2. The number of aliphatic hydroxyl groups excluding tert-OH is 1. The number of halogens is 1. The number of rotatable bonds is 18. The Kier molecular flexibility index (Phi) is 17.3. The lowest BCUT2D eigenvalue weighted by Crippen LogP contribution is -2.18. The lowest BCUT2D eigenvalue weighted by molar-refractivity contribution is 0.0247. The molecule has 2 rings (SSSR count). The number of benzene rings is 2. The average Bonchev–Trinajstić information content (AvgIpc) is 2.89. The van der Waals surface area contributed by atoms with Crippen LogP contribution in [-0.2, 0) is 14.9 Å². The molecule has 1 N–H and O–H groups in total. The Morgan fingerprint density at radius 1 is 0.629 bits per heavy atom. The highest BCUT2D eigenvalue weighted by molar-refractivity contribution is 6.17. The lowest BCUT2D eigenvalue weighted by atomic mass is 9.78. The van der Waals surface area contributed by atoms with Crippen molar-refractivity contribution >= 4 is 11.6 Å². The Bertz CT molecular complexity index is 747. The van der Waals surface area contributed by atoms with Crippen LogP contribution in [-0.4, -0.2) is 57.2 Å². The van der Waals surface area contributed by atoms with Crippen LogP contribution < -0.4 is 9.47 Å². The van der Waals surface area contributed by atoms with Crippen LogP contribution in [0.4, 0.5) is 0 Å². The van der Waals surface area contributed by atoms with Crippen LogP contribution in [0.1, 0.15) is 64.5 Å². The molecule has 0 aliphatic rings. The van der Waals surface area contributed by atoms with Gasteiger partial charge in [-0.15, -0.1) is 11.6 Å². The maximum Gasteiger partial charge on any atom is 0.119 e. The van der Waals surface area contributed by atoms with Crippen LogP contribution in [0, 0.1) is 0 Å². The van der Waals surface area contributed by atoms with Gasteiger partial charge in [-0.2, -0.15) is 0 Å². The summed E-state index contributed by atoms with van der Waals surface area (Å²) in [6, 6.07) is 16.6. The molecular formula is C29H45ClO5. The minimum Gasteiger partial charge on any atom is -0.494 e. The fraction of sp³-hybridized carbons (Fsp3) is 0.586. The van der Waals surface area contributed by atoms with E-state index in [1.54, 1.807) is 0 Å². The third-order valence-electron chi connectivity index (χ3n) is 5.55. The maximum atomic E-state index is 8.64. The van der Waals surface area contributed by atoms with Crippen LogP contribution in [0.3, 0.4) is 0 Å². The first-order chi connectivity index (χ1) is 17.1. The molecule has 0 spiro atoms. The standard InChI is InChI=1S/C27H39ClO5.C2H6/c1-27(2,23-7-11-25(12-8-23)32-17-6-4-3-5-15-28)24-9-13-26(14-10-24)33-22-21-31-20-19-30-18-16-29;1-2/h7-14,29H,3-6,15-22H2,1-2H3;1-2H3. The quantitative estimate of drug-likeness (QED) is 0.181. The molecule has 0 heterocycles. The molecule has 0 atom stereocenters. The van der Waals surface area contributed by atoms with E-state index in [0.717, 1.165) is 43.2 Å². The second-order valence-corrected chi connectivity index (χ2v) is 8.80. The fourth-order valence-corrected chi connectivity index (χ4v) is 3.64. The van der Waals surface area contributed by atoms with E-state index < -0.39 is 0 Å². The van der Waals surface area contributed by atoms with Gasteiger partial charge in [0, 0.05) is 11.3 Å². The van der Waals surface area contributed by atoms with Gasteiger partial charge in [-0.05, 0) is 48.2 Å². The zero-order valence-electron chi connectivity index (χ0n) is 22.1. The number of hydrogen-bond donors (Lipinski definition) is 1. The Morgan fingerprint density at radius 2 is 1.09 bits per heavy atom. The summed E-state index contributed by atoms with van der Waals surface area (Å²) < 4.78 is 22.2. The second kappa shape index (κ2) is 19.4. The average molecular weight is 509 g/mol. The van der Waals surface area contributed by atoms with Crippen molar-refractivity contribution in [3.8, 4) is 11.5 Å². The summed E-state index contributed by atoms with van der Waals surface area (Å²) in [4.78, 5) is 0. The van der Waals surface area contributed by atoms with Crippen molar-refractivity contribution in [2.45, 2.75) is 58.8 Å². The lowest BCUT2D eigenvalue weighted by Gasteiger charge is -2.26. The van der Waals surface area contributed by atoms with Gasteiger partial charge in [-0.3, -0.25) is 0 Å². The van der Waals surface area contributed by atoms with Gasteiger partial charge in [0.25, 0.3) is 0 Å². The monoisotopic (exact) mass is 508 g/mol. The summed E-state index contributed by atoms with van der Waals surface area (Å²) in [7, 11) is 0. The van der Waals surface area contributed by atoms with Gasteiger partial charge in [0.05, 0.1) is 39.6 Å². The van der Waals surface area contributed by atoms with Crippen molar-refractivity contribution in [3.05, 3.63) is 59.7 Å². The molecule has 0 unspecified atom stereocenters. The zero-order valence-corrected chi connectivity index (χ0v) is 22.8. The molecular weight excluding hydrogens is 464 g/mol. The third-order valence-corrected chi connectivity index (χ3v) is 5.82. The van der Waals surface area contributed by atoms with E-state index in [2.05, 4.69) is 50.2 Å². The molecule has 0 aromatic heterocycles. The minimum absolute atomic E-state index is 0.0335. The second-order valence-electron chi connectivity index (χ2n) is 8.42. The Balaban J connectivity index is 0.00000298. The first-order valence-corrected chi connectivity index (χ1v) is 13.4. The molecule has 0 aliphatic heterocycles. The van der Waals surface area contributed by atoms with E-state index in [0.29, 0.717) is 33.0 Å². The molecule has 0 aliphatic carbocycles. The molecule has 2 aromatic carbocycles. The van der Waals surface area contributed by atoms with Crippen LogP contribution >= 0.6 is 11.6 Å². The summed E-state index contributed by atoms with van der Waals surface area (Å²) in [5, 5.41) is 8.64. The summed E-state index contributed by atoms with van der Waals surface area (Å²) in [6.45, 7) is 11.5. The third kappa shape index (κ3) is 12.6. The molecule has 2 aromatic rings. The van der Waals surface area contributed by atoms with Crippen LogP contribution in [0.2, 0.25) is 0 Å². The highest BCUT2D eigenvalue weighted by atomic mass is 35.5. The molecule has 35 heavy (non-hydrogen) atoms. The van der Waals surface area contributed by atoms with Gasteiger partial charge in [-0.1, -0.05) is 64.8 Å². The van der Waals surface area contributed by atoms with Crippen molar-refractivity contribution in [2.75, 3.05) is 52.1 Å². The van der Waals surface area contributed by atoms with E-state index in [1.165, 1.54) is 17.5 Å². The molecule has 0 fully saturated rings. The van der Waals surface area contributed by atoms with Crippen LogP contribution in [0.25, 0.3) is 0 Å². The highest BCUT2D eigenvalue weighted by Gasteiger charge is 2.23. The molecule has 5 nitrogen and oxygen atoms in total. The largest absolute Gasteiger partial charge is 0.494 e. The first-order valence-electron chi connectivity index (χ1n) is 12.9. The van der Waals surface area contributed by atoms with Gasteiger partial charge in [0.15, 0.2) is 0 Å². The van der Waals surface area contributed by atoms with E-state index in [1.807, 2.05) is 26.0 Å². The highest BCUT2D eigenvalue weighted by Crippen LogP contribution is 2.33. The van der Waals surface area contributed by atoms with E-state index in [-0.39, 0.29) is 12.0 Å². The Labute approximate surface area is 217 Å². The topological polar surface area (TPSA) is 57.2 Å². The predicted molar refractivity (Wildman–Crippen MR) is 145 cm³/mol. The zero-order chi connectivity index (χ0) is 25.8. The number of alkyl halides is 1. The van der Waals surface area contributed by atoms with Gasteiger partial charge >= 0.3 is 0 Å². The van der Waals surface area contributed by atoms with Crippen molar-refractivity contribution in [1.29, 1.82) is 0 Å². The molecule has 6 heteroatoms. The van der Waals surface area contributed by atoms with Crippen molar-refractivity contribution in [3.63, 3.8) is 0 Å². The SMILES string of the molecule is CC.CC(C)(c1ccc(OCCCCCCCl)cc1)c1ccc(OCCOCCOCCO)cc1. The summed E-state index contributed by atoms with van der Waals surface area (Å²) >= 11 is 5.71. The van der Waals surface area contributed by atoms with Gasteiger partial charge in [0.1, 0.15) is 18.1 Å². The molecule has 0 radical (unpaired) electrons. The number of hydrogen-bond acceptors (Lipinski definition) is 5. The van der Waals surface area contributed by atoms with Gasteiger partial charge < -0.3 is 24.1 Å². The smallest absolute Gasteiger partial charge is 0.119 e. The summed E-state index contributed by atoms with van der Waals surface area (Å²) in [5.41, 5.74) is 2.33. The molecule has 0 saturated carbocycles. The molecule has 0 saturated heterocycles. The van der Waals surface area contributed by atoms with Crippen LogP contribution in [0.15, 0.2) is 48.5 Å².